The van der Waals surface area contributed by atoms with Gasteiger partial charge in [-0.15, -0.1) is 0 Å². The molecule has 2 fully saturated rings. The van der Waals surface area contributed by atoms with Gasteiger partial charge in [0, 0.05) is 37.4 Å². The van der Waals surface area contributed by atoms with Crippen molar-refractivity contribution in [3.8, 4) is 0 Å². The Morgan fingerprint density at radius 1 is 1.13 bits per heavy atom. The molecular weight excluding hydrogens is 286 g/mol. The van der Waals surface area contributed by atoms with Gasteiger partial charge >= 0.3 is 0 Å². The molecule has 23 heavy (non-hydrogen) atoms. The molecule has 1 spiro atoms. The average molecular weight is 315 g/mol. The Bertz CT molecular complexity index is 532. The first-order valence-electron chi connectivity index (χ1n) is 8.94. The Morgan fingerprint density at radius 3 is 2.35 bits per heavy atom. The fourth-order valence-corrected chi connectivity index (χ4v) is 3.93. The number of rotatable bonds is 4. The number of carbonyl (C=O) groups excluding carboxylic acids is 1. The largest absolute Gasteiger partial charge is 0.385 e. The monoisotopic (exact) mass is 315 g/mol. The maximum atomic E-state index is 12.7. The van der Waals surface area contributed by atoms with Gasteiger partial charge in [0.15, 0.2) is 0 Å². The van der Waals surface area contributed by atoms with Crippen LogP contribution in [0.15, 0.2) is 24.3 Å². The first-order valence-corrected chi connectivity index (χ1v) is 8.94. The highest BCUT2D eigenvalue weighted by Gasteiger charge is 2.40. The van der Waals surface area contributed by atoms with E-state index in [1.807, 2.05) is 29.2 Å². The van der Waals surface area contributed by atoms with E-state index in [2.05, 4.69) is 24.2 Å². The van der Waals surface area contributed by atoms with Crippen LogP contribution in [-0.4, -0.2) is 55.5 Å². The summed E-state index contributed by atoms with van der Waals surface area (Å²) in [4.78, 5) is 17.2. The summed E-state index contributed by atoms with van der Waals surface area (Å²) in [5.74, 6) is 0.188. The smallest absolute Gasteiger partial charge is 0.253 e. The number of likely N-dealkylation sites (tertiary alicyclic amines) is 2. The highest BCUT2D eigenvalue weighted by Crippen LogP contribution is 2.39. The second kappa shape index (κ2) is 6.91. The van der Waals surface area contributed by atoms with Crippen LogP contribution in [0.25, 0.3) is 0 Å². The molecule has 2 saturated heterocycles. The second-order valence-corrected chi connectivity index (χ2v) is 7.28. The molecule has 2 heterocycles. The Hall–Kier alpha value is -1.55. The quantitative estimate of drug-likeness (QED) is 0.927. The summed E-state index contributed by atoms with van der Waals surface area (Å²) in [6.07, 6.45) is 4.70. The standard InChI is InChI=1S/C19H29N3O/c1-3-11-20-17-6-4-16(5-7-17)18(23)22-13-9-19(10-14-22)8-12-21(2)15-19/h4-7,20H,3,8-15H2,1-2H3. The molecule has 4 nitrogen and oxygen atoms in total. The van der Waals surface area contributed by atoms with E-state index in [9.17, 15) is 4.79 Å². The highest BCUT2D eigenvalue weighted by atomic mass is 16.2. The minimum Gasteiger partial charge on any atom is -0.385 e. The minimum atomic E-state index is 0.188. The van der Waals surface area contributed by atoms with Gasteiger partial charge < -0.3 is 15.1 Å². The van der Waals surface area contributed by atoms with Crippen LogP contribution in [0.5, 0.6) is 0 Å². The fourth-order valence-electron chi connectivity index (χ4n) is 3.93. The van der Waals surface area contributed by atoms with Crippen molar-refractivity contribution < 1.29 is 4.79 Å². The zero-order valence-electron chi connectivity index (χ0n) is 14.5. The van der Waals surface area contributed by atoms with E-state index in [4.69, 9.17) is 0 Å². The van der Waals surface area contributed by atoms with E-state index < -0.39 is 0 Å². The topological polar surface area (TPSA) is 35.6 Å². The molecule has 1 aromatic rings. The van der Waals surface area contributed by atoms with Crippen molar-refractivity contribution in [3.05, 3.63) is 29.8 Å². The molecule has 1 amide bonds. The summed E-state index contributed by atoms with van der Waals surface area (Å²) >= 11 is 0. The van der Waals surface area contributed by atoms with Crippen molar-refractivity contribution in [2.75, 3.05) is 45.1 Å². The first kappa shape index (κ1) is 16.3. The predicted molar refractivity (Wildman–Crippen MR) is 94.9 cm³/mol. The average Bonchev–Trinajstić information content (AvgIpc) is 2.94. The molecule has 2 aliphatic heterocycles. The third-order valence-electron chi connectivity index (χ3n) is 5.45. The third-order valence-corrected chi connectivity index (χ3v) is 5.45. The van der Waals surface area contributed by atoms with Crippen LogP contribution in [0.2, 0.25) is 0 Å². The number of carbonyl (C=O) groups is 1. The lowest BCUT2D eigenvalue weighted by Gasteiger charge is -2.39. The maximum Gasteiger partial charge on any atom is 0.253 e. The summed E-state index contributed by atoms with van der Waals surface area (Å²) in [5.41, 5.74) is 2.38. The van der Waals surface area contributed by atoms with Crippen LogP contribution in [0.1, 0.15) is 43.0 Å². The normalized spacial score (nSPS) is 20.9. The van der Waals surface area contributed by atoms with Gasteiger partial charge in [0.2, 0.25) is 0 Å². The van der Waals surface area contributed by atoms with E-state index in [-0.39, 0.29) is 5.91 Å². The second-order valence-electron chi connectivity index (χ2n) is 7.28. The van der Waals surface area contributed by atoms with Crippen LogP contribution >= 0.6 is 0 Å². The number of hydrogen-bond acceptors (Lipinski definition) is 3. The molecular formula is C19H29N3O. The van der Waals surface area contributed by atoms with Crippen molar-refractivity contribution >= 4 is 11.6 Å². The molecule has 0 radical (unpaired) electrons. The molecule has 1 aromatic carbocycles. The summed E-state index contributed by atoms with van der Waals surface area (Å²) in [5, 5.41) is 3.35. The highest BCUT2D eigenvalue weighted by molar-refractivity contribution is 5.94. The van der Waals surface area contributed by atoms with Crippen molar-refractivity contribution in [2.24, 2.45) is 5.41 Å². The Morgan fingerprint density at radius 2 is 1.78 bits per heavy atom. The lowest BCUT2D eigenvalue weighted by molar-refractivity contribution is 0.0594. The summed E-state index contributed by atoms with van der Waals surface area (Å²) in [6.45, 7) is 7.34. The van der Waals surface area contributed by atoms with E-state index in [1.54, 1.807) is 0 Å². The summed E-state index contributed by atoms with van der Waals surface area (Å²) in [7, 11) is 2.21. The van der Waals surface area contributed by atoms with Crippen LogP contribution < -0.4 is 5.32 Å². The number of hydrogen-bond donors (Lipinski definition) is 1. The lowest BCUT2D eigenvalue weighted by atomic mass is 9.77. The summed E-state index contributed by atoms with van der Waals surface area (Å²) in [6, 6.07) is 7.93. The number of nitrogens with zero attached hydrogens (tertiary/aromatic N) is 2. The molecule has 0 atom stereocenters. The van der Waals surface area contributed by atoms with E-state index in [1.165, 1.54) is 19.5 Å². The van der Waals surface area contributed by atoms with Crippen molar-refractivity contribution in [1.29, 1.82) is 0 Å². The molecule has 0 saturated carbocycles. The predicted octanol–water partition coefficient (Wildman–Crippen LogP) is 3.07. The minimum absolute atomic E-state index is 0.188. The van der Waals surface area contributed by atoms with Crippen LogP contribution in [0.3, 0.4) is 0 Å². The van der Waals surface area contributed by atoms with Crippen molar-refractivity contribution in [1.82, 2.24) is 9.80 Å². The SMILES string of the molecule is CCCNc1ccc(C(=O)N2CCC3(CCN(C)C3)CC2)cc1. The molecule has 1 N–H and O–H groups in total. The molecule has 0 aromatic heterocycles. The number of piperidine rings is 1. The Labute approximate surface area is 139 Å². The van der Waals surface area contributed by atoms with E-state index >= 15 is 0 Å². The van der Waals surface area contributed by atoms with Gasteiger partial charge in [-0.2, -0.15) is 0 Å². The van der Waals surface area contributed by atoms with Crippen molar-refractivity contribution in [2.45, 2.75) is 32.6 Å². The first-order chi connectivity index (χ1) is 11.1. The van der Waals surface area contributed by atoms with Gasteiger partial charge in [-0.3, -0.25) is 4.79 Å². The van der Waals surface area contributed by atoms with Gasteiger partial charge in [-0.05, 0) is 69.0 Å². The molecule has 0 bridgehead atoms. The van der Waals surface area contributed by atoms with Gasteiger partial charge in [-0.1, -0.05) is 6.92 Å². The third kappa shape index (κ3) is 3.69. The molecule has 2 aliphatic rings. The molecule has 3 rings (SSSR count). The van der Waals surface area contributed by atoms with Crippen LogP contribution in [-0.2, 0) is 0 Å². The number of amides is 1. The van der Waals surface area contributed by atoms with E-state index in [0.717, 1.165) is 50.1 Å². The maximum absolute atomic E-state index is 12.7. The number of benzene rings is 1. The van der Waals surface area contributed by atoms with Gasteiger partial charge in [-0.25, -0.2) is 0 Å². The molecule has 126 valence electrons. The van der Waals surface area contributed by atoms with E-state index in [0.29, 0.717) is 5.41 Å². The van der Waals surface area contributed by atoms with Crippen molar-refractivity contribution in [3.63, 3.8) is 0 Å². The molecule has 4 heteroatoms. The molecule has 0 aliphatic carbocycles. The Kier molecular flexibility index (Phi) is 4.90. The lowest BCUT2D eigenvalue weighted by Crippen LogP contribution is -2.44. The van der Waals surface area contributed by atoms with Crippen LogP contribution in [0, 0.1) is 5.41 Å². The number of anilines is 1. The molecule has 0 unspecified atom stereocenters. The zero-order valence-corrected chi connectivity index (χ0v) is 14.5. The number of nitrogens with one attached hydrogen (secondary N) is 1. The zero-order chi connectivity index (χ0) is 16.3. The van der Waals surface area contributed by atoms with Gasteiger partial charge in [0.25, 0.3) is 5.91 Å². The van der Waals surface area contributed by atoms with Gasteiger partial charge in [0.1, 0.15) is 0 Å². The summed E-state index contributed by atoms with van der Waals surface area (Å²) < 4.78 is 0. The van der Waals surface area contributed by atoms with Crippen LogP contribution in [0.4, 0.5) is 5.69 Å². The van der Waals surface area contributed by atoms with Gasteiger partial charge in [0.05, 0.1) is 0 Å². The fraction of sp³-hybridized carbons (Fsp3) is 0.632. The Balaban J connectivity index is 1.57.